The second kappa shape index (κ2) is 10.2. The Hall–Kier alpha value is -2.51. The summed E-state index contributed by atoms with van der Waals surface area (Å²) in [7, 11) is -1.81. The van der Waals surface area contributed by atoms with Crippen LogP contribution in [0.25, 0.3) is 0 Å². The van der Waals surface area contributed by atoms with Crippen molar-refractivity contribution in [1.82, 2.24) is 9.62 Å². The molecule has 2 N–H and O–H groups in total. The molecule has 0 unspecified atom stereocenters. The number of aliphatic hydroxyl groups excluding tert-OH is 1. The Bertz CT molecular complexity index is 1050. The molecule has 6 heteroatoms. The first-order valence-electron chi connectivity index (χ1n) is 10.3. The number of rotatable bonds is 9. The molecule has 0 aliphatic carbocycles. The lowest BCUT2D eigenvalue weighted by Crippen LogP contribution is -2.42. The van der Waals surface area contributed by atoms with Crippen molar-refractivity contribution in [2.24, 2.45) is 0 Å². The summed E-state index contributed by atoms with van der Waals surface area (Å²) in [5, 5.41) is 10.8. The van der Waals surface area contributed by atoms with Crippen molar-refractivity contribution in [2.75, 3.05) is 13.6 Å². The van der Waals surface area contributed by atoms with Crippen molar-refractivity contribution in [1.29, 1.82) is 0 Å². The van der Waals surface area contributed by atoms with Crippen LogP contribution in [0.15, 0.2) is 89.8 Å². The summed E-state index contributed by atoms with van der Waals surface area (Å²) >= 11 is 0. The summed E-state index contributed by atoms with van der Waals surface area (Å²) in [6, 6.07) is 25.1. The Morgan fingerprint density at radius 3 is 1.94 bits per heavy atom. The number of aliphatic hydroxyl groups is 1. The smallest absolute Gasteiger partial charge is 0.241 e. The molecule has 3 atom stereocenters. The topological polar surface area (TPSA) is 69.6 Å². The van der Waals surface area contributed by atoms with E-state index in [0.29, 0.717) is 6.54 Å². The number of likely N-dealkylation sites (N-methyl/N-ethyl adjacent to an activating group) is 1. The van der Waals surface area contributed by atoms with Crippen molar-refractivity contribution in [2.45, 2.75) is 36.9 Å². The fourth-order valence-corrected chi connectivity index (χ4v) is 4.71. The van der Waals surface area contributed by atoms with Gasteiger partial charge in [0.2, 0.25) is 10.0 Å². The zero-order valence-electron chi connectivity index (χ0n) is 18.1. The number of aryl methyl sites for hydroxylation is 1. The largest absolute Gasteiger partial charge is 0.387 e. The molecule has 164 valence electrons. The van der Waals surface area contributed by atoms with E-state index in [4.69, 9.17) is 0 Å². The molecule has 0 bridgehead atoms. The molecule has 31 heavy (non-hydrogen) atoms. The molecule has 0 aliphatic rings. The van der Waals surface area contributed by atoms with Gasteiger partial charge in [-0.25, -0.2) is 13.1 Å². The molecule has 0 amide bonds. The molecule has 5 nitrogen and oxygen atoms in total. The molecule has 0 saturated heterocycles. The lowest BCUT2D eigenvalue weighted by Gasteiger charge is -2.32. The van der Waals surface area contributed by atoms with E-state index in [9.17, 15) is 13.5 Å². The molecule has 0 aromatic heterocycles. The molecule has 3 aromatic rings. The molecule has 3 aromatic carbocycles. The van der Waals surface area contributed by atoms with E-state index in [0.717, 1.165) is 16.7 Å². The molecule has 0 spiro atoms. The van der Waals surface area contributed by atoms with Gasteiger partial charge >= 0.3 is 0 Å². The second-order valence-corrected chi connectivity index (χ2v) is 9.65. The predicted molar refractivity (Wildman–Crippen MR) is 124 cm³/mol. The van der Waals surface area contributed by atoms with Gasteiger partial charge in [-0.1, -0.05) is 78.4 Å². The maximum Gasteiger partial charge on any atom is 0.241 e. The van der Waals surface area contributed by atoms with E-state index in [1.165, 1.54) is 0 Å². The maximum absolute atomic E-state index is 13.1. The number of nitrogens with zero attached hydrogens (tertiary/aromatic N) is 1. The van der Waals surface area contributed by atoms with Crippen LogP contribution >= 0.6 is 0 Å². The van der Waals surface area contributed by atoms with Crippen molar-refractivity contribution in [3.8, 4) is 0 Å². The molecule has 0 fully saturated rings. The first kappa shape index (κ1) is 23.2. The van der Waals surface area contributed by atoms with Gasteiger partial charge in [0.25, 0.3) is 0 Å². The van der Waals surface area contributed by atoms with Crippen LogP contribution in [0.2, 0.25) is 0 Å². The van der Waals surface area contributed by atoms with Gasteiger partial charge in [0.15, 0.2) is 0 Å². The summed E-state index contributed by atoms with van der Waals surface area (Å²) in [5.41, 5.74) is 2.70. The van der Waals surface area contributed by atoms with Crippen LogP contribution in [0, 0.1) is 6.92 Å². The number of nitrogens with one attached hydrogen (secondary N) is 1. The van der Waals surface area contributed by atoms with E-state index in [-0.39, 0.29) is 10.9 Å². The van der Waals surface area contributed by atoms with Gasteiger partial charge in [-0.3, -0.25) is 4.90 Å². The maximum atomic E-state index is 13.1. The van der Waals surface area contributed by atoms with Gasteiger partial charge in [0.1, 0.15) is 0 Å². The molecule has 0 aliphatic heterocycles. The summed E-state index contributed by atoms with van der Waals surface area (Å²) in [6.07, 6.45) is -0.684. The third-order valence-corrected chi connectivity index (χ3v) is 7.08. The van der Waals surface area contributed by atoms with Crippen molar-refractivity contribution < 1.29 is 13.5 Å². The van der Waals surface area contributed by atoms with Crippen LogP contribution in [-0.4, -0.2) is 38.1 Å². The van der Waals surface area contributed by atoms with Gasteiger partial charge in [0.05, 0.1) is 17.0 Å². The Labute approximate surface area is 185 Å². The number of hydrogen-bond donors (Lipinski definition) is 2. The predicted octanol–water partition coefficient (Wildman–Crippen LogP) is 4.07. The zero-order chi connectivity index (χ0) is 22.4. The minimum absolute atomic E-state index is 0.211. The standard InChI is InChI=1S/C25H30N2O3S/c1-19-14-16-23(17-15-19)31(29,30)26-24(21-10-6-4-7-11-21)18-27(3)20(2)25(28)22-12-8-5-9-13-22/h4-17,20,24-26,28H,18H2,1-3H3/t20-,24-,25+/m0/s1. The van der Waals surface area contributed by atoms with Crippen LogP contribution in [0.5, 0.6) is 0 Å². The van der Waals surface area contributed by atoms with Gasteiger partial charge < -0.3 is 5.11 Å². The first-order valence-corrected chi connectivity index (χ1v) is 11.8. The highest BCUT2D eigenvalue weighted by Crippen LogP contribution is 2.24. The van der Waals surface area contributed by atoms with Gasteiger partial charge in [-0.15, -0.1) is 0 Å². The van der Waals surface area contributed by atoms with Crippen molar-refractivity contribution >= 4 is 10.0 Å². The summed E-state index contributed by atoms with van der Waals surface area (Å²) in [4.78, 5) is 2.21. The van der Waals surface area contributed by atoms with E-state index in [2.05, 4.69) is 4.72 Å². The van der Waals surface area contributed by atoms with E-state index >= 15 is 0 Å². The van der Waals surface area contributed by atoms with Crippen molar-refractivity contribution in [3.05, 3.63) is 102 Å². The highest BCUT2D eigenvalue weighted by molar-refractivity contribution is 7.89. The highest BCUT2D eigenvalue weighted by Gasteiger charge is 2.26. The Balaban J connectivity index is 1.82. The van der Waals surface area contributed by atoms with Gasteiger partial charge in [-0.2, -0.15) is 0 Å². The van der Waals surface area contributed by atoms with Crippen LogP contribution in [0.1, 0.15) is 35.8 Å². The van der Waals surface area contributed by atoms with Crippen LogP contribution < -0.4 is 4.72 Å². The Kier molecular flexibility index (Phi) is 7.62. The molecule has 3 rings (SSSR count). The third kappa shape index (κ3) is 6.02. The Morgan fingerprint density at radius 1 is 0.871 bits per heavy atom. The molecular weight excluding hydrogens is 408 g/mol. The monoisotopic (exact) mass is 438 g/mol. The third-order valence-electron chi connectivity index (χ3n) is 5.59. The quantitative estimate of drug-likeness (QED) is 0.528. The summed E-state index contributed by atoms with van der Waals surface area (Å²) < 4.78 is 29.0. The van der Waals surface area contributed by atoms with Crippen LogP contribution in [0.3, 0.4) is 0 Å². The molecule has 0 heterocycles. The SMILES string of the molecule is Cc1ccc(S(=O)(=O)N[C@@H](CN(C)[C@@H](C)[C@@H](O)c2ccccc2)c2ccccc2)cc1. The lowest BCUT2D eigenvalue weighted by atomic mass is 10.0. The van der Waals surface area contributed by atoms with E-state index in [1.807, 2.05) is 86.5 Å². The normalized spacial score (nSPS) is 14.9. The van der Waals surface area contributed by atoms with Gasteiger partial charge in [-0.05, 0) is 44.2 Å². The van der Waals surface area contributed by atoms with Crippen LogP contribution in [-0.2, 0) is 10.0 Å². The fourth-order valence-electron chi connectivity index (χ4n) is 3.49. The van der Waals surface area contributed by atoms with Crippen molar-refractivity contribution in [3.63, 3.8) is 0 Å². The average Bonchev–Trinajstić information content (AvgIpc) is 2.79. The lowest BCUT2D eigenvalue weighted by molar-refractivity contribution is 0.0687. The minimum Gasteiger partial charge on any atom is -0.387 e. The fraction of sp³-hybridized carbons (Fsp3) is 0.280. The minimum atomic E-state index is -3.71. The molecular formula is C25H30N2O3S. The molecule has 0 saturated carbocycles. The molecule has 0 radical (unpaired) electrons. The number of hydrogen-bond acceptors (Lipinski definition) is 4. The first-order chi connectivity index (χ1) is 14.8. The van der Waals surface area contributed by atoms with E-state index in [1.54, 1.807) is 24.3 Å². The zero-order valence-corrected chi connectivity index (χ0v) is 19.0. The van der Waals surface area contributed by atoms with E-state index < -0.39 is 22.2 Å². The van der Waals surface area contributed by atoms with Gasteiger partial charge in [0, 0.05) is 12.6 Å². The number of sulfonamides is 1. The van der Waals surface area contributed by atoms with Crippen LogP contribution in [0.4, 0.5) is 0 Å². The number of benzene rings is 3. The summed E-state index contributed by atoms with van der Waals surface area (Å²) in [6.45, 7) is 4.26. The highest BCUT2D eigenvalue weighted by atomic mass is 32.2. The summed E-state index contributed by atoms with van der Waals surface area (Å²) in [5.74, 6) is 0. The average molecular weight is 439 g/mol. The second-order valence-electron chi connectivity index (χ2n) is 7.93. The Morgan fingerprint density at radius 2 is 1.39 bits per heavy atom.